The van der Waals surface area contributed by atoms with E-state index in [1.165, 1.54) is 0 Å². The Morgan fingerprint density at radius 2 is 2.10 bits per heavy atom. The highest BCUT2D eigenvalue weighted by Crippen LogP contribution is 2.33. The molecule has 0 amide bonds. The van der Waals surface area contributed by atoms with Crippen LogP contribution in [0.3, 0.4) is 0 Å². The molecule has 2 N–H and O–H groups in total. The molecule has 0 bridgehead atoms. The molecular weight excluding hydrogens is 443 g/mol. The highest BCUT2D eigenvalue weighted by atomic mass is 35.5. The lowest BCUT2D eigenvalue weighted by molar-refractivity contribution is 0.274. The zero-order valence-corrected chi connectivity index (χ0v) is 18.3. The minimum absolute atomic E-state index is 0.0937. The second-order valence-corrected chi connectivity index (χ2v) is 10.8. The fraction of sp³-hybridized carbons (Fsp3) is 0.450. The summed E-state index contributed by atoms with van der Waals surface area (Å²) in [4.78, 5) is 15.7. The van der Waals surface area contributed by atoms with E-state index in [2.05, 4.69) is 25.3 Å². The van der Waals surface area contributed by atoms with Crippen molar-refractivity contribution in [3.8, 4) is 11.4 Å². The molecule has 5 rings (SSSR count). The number of piperidine rings is 1. The predicted molar refractivity (Wildman–Crippen MR) is 117 cm³/mol. The van der Waals surface area contributed by atoms with Crippen molar-refractivity contribution in [2.24, 2.45) is 5.92 Å². The summed E-state index contributed by atoms with van der Waals surface area (Å²) in [5.74, 6) is -0.0217. The summed E-state index contributed by atoms with van der Waals surface area (Å²) in [5, 5.41) is 4.09. The number of halogens is 2. The molecule has 11 heteroatoms. The molecule has 8 nitrogen and oxygen atoms in total. The van der Waals surface area contributed by atoms with Crippen molar-refractivity contribution in [3.05, 3.63) is 35.5 Å². The number of sulfonamides is 1. The van der Waals surface area contributed by atoms with E-state index in [4.69, 9.17) is 11.6 Å². The van der Waals surface area contributed by atoms with Gasteiger partial charge in [0.05, 0.1) is 16.5 Å². The van der Waals surface area contributed by atoms with Gasteiger partial charge in [0.1, 0.15) is 5.65 Å². The van der Waals surface area contributed by atoms with Gasteiger partial charge in [-0.3, -0.25) is 0 Å². The van der Waals surface area contributed by atoms with E-state index < -0.39 is 15.8 Å². The molecular formula is C20H22ClFN6O2S. The number of aromatic nitrogens is 4. The zero-order valence-electron chi connectivity index (χ0n) is 16.7. The highest BCUT2D eigenvalue weighted by molar-refractivity contribution is 7.90. The third-order valence-corrected chi connectivity index (χ3v) is 8.40. The molecule has 31 heavy (non-hydrogen) atoms. The van der Waals surface area contributed by atoms with Crippen LogP contribution in [0.25, 0.3) is 22.4 Å². The molecule has 1 aliphatic heterocycles. The number of hydrogen-bond donors (Lipinski definition) is 2. The molecule has 0 unspecified atom stereocenters. The van der Waals surface area contributed by atoms with Gasteiger partial charge in [0.25, 0.3) is 0 Å². The first-order chi connectivity index (χ1) is 14.9. The zero-order chi connectivity index (χ0) is 21.6. The van der Waals surface area contributed by atoms with E-state index in [0.29, 0.717) is 41.7 Å². The van der Waals surface area contributed by atoms with Crippen LogP contribution >= 0.6 is 11.6 Å². The van der Waals surface area contributed by atoms with Crippen LogP contribution in [0.5, 0.6) is 0 Å². The predicted octanol–water partition coefficient (Wildman–Crippen LogP) is 3.43. The van der Waals surface area contributed by atoms with Crippen LogP contribution in [0, 0.1) is 11.7 Å². The number of nitrogens with zero attached hydrogens (tertiary/aromatic N) is 4. The van der Waals surface area contributed by atoms with Gasteiger partial charge < -0.3 is 10.3 Å². The number of rotatable bonds is 6. The van der Waals surface area contributed by atoms with Crippen molar-refractivity contribution in [3.63, 3.8) is 0 Å². The highest BCUT2D eigenvalue weighted by Gasteiger charge is 2.41. The second-order valence-electron chi connectivity index (χ2n) is 8.13. The maximum Gasteiger partial charge on any atom is 0.216 e. The van der Waals surface area contributed by atoms with Gasteiger partial charge in [-0.05, 0) is 37.7 Å². The number of nitrogens with one attached hydrogen (secondary N) is 2. The van der Waals surface area contributed by atoms with Crippen LogP contribution in [0.2, 0.25) is 5.02 Å². The summed E-state index contributed by atoms with van der Waals surface area (Å²) in [5.41, 5.74) is 1.31. The Morgan fingerprint density at radius 3 is 2.90 bits per heavy atom. The van der Waals surface area contributed by atoms with Crippen molar-refractivity contribution >= 4 is 38.5 Å². The molecule has 2 fully saturated rings. The second kappa shape index (κ2) is 7.99. The molecule has 1 atom stereocenters. The largest absolute Gasteiger partial charge is 0.367 e. The number of hydrogen-bond acceptors (Lipinski definition) is 6. The van der Waals surface area contributed by atoms with Crippen molar-refractivity contribution < 1.29 is 12.8 Å². The number of pyridine rings is 1. The number of anilines is 1. The summed E-state index contributed by atoms with van der Waals surface area (Å²) in [6.07, 6.45) is 7.59. The van der Waals surface area contributed by atoms with Crippen molar-refractivity contribution in [2.45, 2.75) is 30.9 Å². The Hall–Kier alpha value is -2.30. The molecule has 164 valence electrons. The molecule has 0 spiro atoms. The third kappa shape index (κ3) is 4.11. The smallest absolute Gasteiger partial charge is 0.216 e. The monoisotopic (exact) mass is 464 g/mol. The van der Waals surface area contributed by atoms with E-state index in [0.717, 1.165) is 37.3 Å². The van der Waals surface area contributed by atoms with Gasteiger partial charge in [-0.25, -0.2) is 32.1 Å². The maximum atomic E-state index is 14.4. The number of fused-ring (bicyclic) bond motifs is 1. The quantitative estimate of drug-likeness (QED) is 0.579. The van der Waals surface area contributed by atoms with Gasteiger partial charge in [-0.1, -0.05) is 11.6 Å². The Morgan fingerprint density at radius 1 is 1.26 bits per heavy atom. The van der Waals surface area contributed by atoms with E-state index in [9.17, 15) is 12.8 Å². The van der Waals surface area contributed by atoms with Crippen molar-refractivity contribution in [1.29, 1.82) is 0 Å². The molecule has 3 aromatic rings. The standard InChI is InChI=1S/C20H22ClFN6O2S/c21-13-6-15-16(9-25-18(15)24-8-13)19-26-10-17(22)20(27-19)23-7-12-2-1-5-28(11-12)31(29,30)14-3-4-14/h6,8-10,12,14H,1-5,7,11H2,(H,24,25)(H,23,26,27)/t12-/m1/s1. The van der Waals surface area contributed by atoms with Crippen LogP contribution in [0.15, 0.2) is 24.7 Å². The minimum Gasteiger partial charge on any atom is -0.367 e. The molecule has 1 saturated carbocycles. The van der Waals surface area contributed by atoms with Gasteiger partial charge in [-0.2, -0.15) is 0 Å². The molecule has 2 aliphatic rings. The first-order valence-corrected chi connectivity index (χ1v) is 12.2. The van der Waals surface area contributed by atoms with E-state index in [1.807, 2.05) is 0 Å². The summed E-state index contributed by atoms with van der Waals surface area (Å²) >= 11 is 6.06. The minimum atomic E-state index is -3.19. The first-order valence-electron chi connectivity index (χ1n) is 10.3. The molecule has 4 heterocycles. The summed E-state index contributed by atoms with van der Waals surface area (Å²) in [6, 6.07) is 1.76. The Labute approximate surface area is 184 Å². The lowest BCUT2D eigenvalue weighted by Crippen LogP contribution is -2.43. The molecule has 0 aromatic carbocycles. The normalized spacial score (nSPS) is 20.3. The van der Waals surface area contributed by atoms with Crippen LogP contribution < -0.4 is 5.32 Å². The van der Waals surface area contributed by atoms with Crippen LogP contribution in [-0.4, -0.2) is 57.5 Å². The average molecular weight is 465 g/mol. The lowest BCUT2D eigenvalue weighted by atomic mass is 10.00. The maximum absolute atomic E-state index is 14.4. The SMILES string of the molecule is O=S(=O)(C1CC1)N1CCC[C@H](CNc2nc(-c3c[nH]c4ncc(Cl)cc34)ncc2F)C1. The summed E-state index contributed by atoms with van der Waals surface area (Å²) in [6.45, 7) is 1.46. The van der Waals surface area contributed by atoms with E-state index in [1.54, 1.807) is 22.8 Å². The topological polar surface area (TPSA) is 104 Å². The van der Waals surface area contributed by atoms with Gasteiger partial charge in [0.15, 0.2) is 17.5 Å². The summed E-state index contributed by atoms with van der Waals surface area (Å²) in [7, 11) is -3.19. The van der Waals surface area contributed by atoms with E-state index in [-0.39, 0.29) is 17.0 Å². The third-order valence-electron chi connectivity index (χ3n) is 5.83. The van der Waals surface area contributed by atoms with Gasteiger partial charge in [0, 0.05) is 43.0 Å². The lowest BCUT2D eigenvalue weighted by Gasteiger charge is -2.32. The van der Waals surface area contributed by atoms with Crippen molar-refractivity contribution in [1.82, 2.24) is 24.2 Å². The number of H-pyrrole nitrogens is 1. The Kier molecular flexibility index (Phi) is 5.31. The number of aromatic amines is 1. The molecule has 1 aliphatic carbocycles. The van der Waals surface area contributed by atoms with Gasteiger partial charge in [0.2, 0.25) is 10.0 Å². The van der Waals surface area contributed by atoms with Gasteiger partial charge >= 0.3 is 0 Å². The molecule has 0 radical (unpaired) electrons. The fourth-order valence-electron chi connectivity index (χ4n) is 4.03. The average Bonchev–Trinajstić information content (AvgIpc) is 3.55. The fourth-order valence-corrected chi connectivity index (χ4v) is 6.14. The van der Waals surface area contributed by atoms with E-state index >= 15 is 0 Å². The summed E-state index contributed by atoms with van der Waals surface area (Å²) < 4.78 is 41.1. The van der Waals surface area contributed by atoms with Crippen molar-refractivity contribution in [2.75, 3.05) is 25.0 Å². The molecule has 3 aromatic heterocycles. The van der Waals surface area contributed by atoms with Crippen LogP contribution in [-0.2, 0) is 10.0 Å². The Bertz CT molecular complexity index is 1230. The molecule has 1 saturated heterocycles. The van der Waals surface area contributed by atoms with Gasteiger partial charge in [-0.15, -0.1) is 0 Å². The van der Waals surface area contributed by atoms with Crippen LogP contribution in [0.4, 0.5) is 10.2 Å². The van der Waals surface area contributed by atoms with Crippen LogP contribution in [0.1, 0.15) is 25.7 Å². The first kappa shape index (κ1) is 20.6. The Balaban J connectivity index is 1.32.